The predicted molar refractivity (Wildman–Crippen MR) is 69.4 cm³/mol. The van der Waals surface area contributed by atoms with E-state index < -0.39 is 8.80 Å². The molecule has 0 aliphatic carbocycles. The Morgan fingerprint density at radius 1 is 1.23 bits per heavy atom. The maximum Gasteiger partial charge on any atom is 0.505 e. The van der Waals surface area contributed by atoms with Crippen molar-refractivity contribution in [1.29, 1.82) is 0 Å². The number of rotatable bonds is 7. The first-order valence-electron chi connectivity index (χ1n) is 3.51. The maximum absolute atomic E-state index is 5.26. The lowest BCUT2D eigenvalue weighted by Crippen LogP contribution is -2.43. The van der Waals surface area contributed by atoms with Crippen LogP contribution in [0.2, 0.25) is 6.04 Å². The van der Waals surface area contributed by atoms with E-state index in [1.807, 2.05) is 0 Å². The maximum atomic E-state index is 5.26. The third-order valence-corrected chi connectivity index (χ3v) is 10.3. The molecule has 0 aliphatic heterocycles. The molecule has 0 fully saturated rings. The zero-order valence-electron chi connectivity index (χ0n) is 7.85. The Labute approximate surface area is 97.0 Å². The monoisotopic (exact) mass is 279 g/mol. The minimum absolute atomic E-state index is 0.0582. The molecular weight excluding hydrogens is 264 g/mol. The third kappa shape index (κ3) is 5.21. The molecule has 0 rings (SSSR count). The molecule has 0 radical (unpaired) electrons. The van der Waals surface area contributed by atoms with Gasteiger partial charge in [0.2, 0.25) is 0 Å². The first kappa shape index (κ1) is 14.5. The summed E-state index contributed by atoms with van der Waals surface area (Å²) in [6, 6.07) is 0.774. The molecule has 0 aromatic rings. The summed E-state index contributed by atoms with van der Waals surface area (Å²) >= 11 is 8.41. The van der Waals surface area contributed by atoms with Crippen molar-refractivity contribution in [2.24, 2.45) is 0 Å². The zero-order chi connectivity index (χ0) is 10.3. The van der Waals surface area contributed by atoms with Crippen molar-refractivity contribution >= 4 is 50.9 Å². The van der Waals surface area contributed by atoms with Gasteiger partial charge in [0.05, 0.1) is 17.7 Å². The summed E-state index contributed by atoms with van der Waals surface area (Å²) in [5.74, 6) is 0.888. The van der Waals surface area contributed by atoms with Crippen LogP contribution < -0.4 is 0 Å². The Balaban J connectivity index is 3.95. The molecule has 8 heteroatoms. The highest BCUT2D eigenvalue weighted by Gasteiger charge is 2.40. The molecule has 1 unspecified atom stereocenters. The molecule has 0 spiro atoms. The van der Waals surface area contributed by atoms with Crippen LogP contribution in [-0.2, 0) is 22.2 Å². The van der Waals surface area contributed by atoms with Crippen molar-refractivity contribution in [3.05, 3.63) is 0 Å². The lowest BCUT2D eigenvalue weighted by atomic mass is 11.0. The summed E-state index contributed by atoms with van der Waals surface area (Å²) in [5.41, 5.74) is 0. The van der Waals surface area contributed by atoms with Crippen molar-refractivity contribution in [2.45, 2.75) is 6.04 Å². The molecule has 3 nitrogen and oxygen atoms in total. The standard InChI is InChI=1S/C5H14O3S4Si/c1-6-13(7-2,8-3)5-4-12(10)11-9/h10H,4-5H2,1-3H3/p+1. The van der Waals surface area contributed by atoms with Gasteiger partial charge in [-0.2, -0.15) is 0 Å². The number of hydrogen-bond acceptors (Lipinski definition) is 6. The van der Waals surface area contributed by atoms with Gasteiger partial charge < -0.3 is 13.3 Å². The third-order valence-electron chi connectivity index (χ3n) is 1.60. The largest absolute Gasteiger partial charge is 0.505 e. The molecule has 0 amide bonds. The van der Waals surface area contributed by atoms with E-state index in [9.17, 15) is 0 Å². The predicted octanol–water partition coefficient (Wildman–Crippen LogP) is 1.82. The fourth-order valence-corrected chi connectivity index (χ4v) is 6.16. The lowest BCUT2D eigenvalue weighted by Gasteiger charge is -2.22. The summed E-state index contributed by atoms with van der Waals surface area (Å²) in [6.45, 7) is 0. The second-order valence-electron chi connectivity index (χ2n) is 2.15. The van der Waals surface area contributed by atoms with Crippen LogP contribution in [0.15, 0.2) is 0 Å². The normalized spacial score (nSPS) is 14.5. The van der Waals surface area contributed by atoms with Gasteiger partial charge in [0.15, 0.2) is 9.83 Å². The summed E-state index contributed by atoms with van der Waals surface area (Å²) in [4.78, 5) is 0. The van der Waals surface area contributed by atoms with E-state index in [0.717, 1.165) is 11.8 Å². The average Bonchev–Trinajstić information content (AvgIpc) is 2.20. The van der Waals surface area contributed by atoms with Gasteiger partial charge in [-0.1, -0.05) is 11.7 Å². The van der Waals surface area contributed by atoms with E-state index in [1.54, 1.807) is 21.3 Å². The van der Waals surface area contributed by atoms with E-state index in [-0.39, 0.29) is 8.96 Å². The topological polar surface area (TPSA) is 27.7 Å². The molecule has 80 valence electrons. The van der Waals surface area contributed by atoms with Gasteiger partial charge in [-0.15, -0.1) is 0 Å². The molecule has 0 saturated carbocycles. The van der Waals surface area contributed by atoms with Gasteiger partial charge in [-0.05, 0) is 0 Å². The van der Waals surface area contributed by atoms with E-state index >= 15 is 0 Å². The van der Waals surface area contributed by atoms with Gasteiger partial charge in [0.25, 0.3) is 0 Å². The van der Waals surface area contributed by atoms with E-state index in [1.165, 1.54) is 9.83 Å². The van der Waals surface area contributed by atoms with Crippen LogP contribution in [0.5, 0.6) is 0 Å². The molecule has 0 aromatic heterocycles. The van der Waals surface area contributed by atoms with Crippen LogP contribution in [0.25, 0.3) is 0 Å². The Bertz CT molecular complexity index is 127. The van der Waals surface area contributed by atoms with Crippen molar-refractivity contribution in [2.75, 3.05) is 27.1 Å². The highest BCUT2D eigenvalue weighted by atomic mass is 33.7. The van der Waals surface area contributed by atoms with E-state index in [2.05, 4.69) is 23.3 Å². The fourth-order valence-electron chi connectivity index (χ4n) is 0.806. The Morgan fingerprint density at radius 2 is 1.69 bits per heavy atom. The van der Waals surface area contributed by atoms with Crippen molar-refractivity contribution in [3.8, 4) is 0 Å². The van der Waals surface area contributed by atoms with Gasteiger partial charge >= 0.3 is 8.80 Å². The van der Waals surface area contributed by atoms with Crippen molar-refractivity contribution in [3.63, 3.8) is 0 Å². The van der Waals surface area contributed by atoms with Crippen molar-refractivity contribution in [1.82, 2.24) is 0 Å². The molecule has 1 atom stereocenters. The van der Waals surface area contributed by atoms with Crippen LogP contribution >= 0.6 is 33.1 Å². The average molecular weight is 280 g/mol. The summed E-state index contributed by atoms with van der Waals surface area (Å²) < 4.78 is 15.8. The van der Waals surface area contributed by atoms with Crippen LogP contribution in [-0.4, -0.2) is 35.9 Å². The number of hydrogen-bond donors (Lipinski definition) is 2. The van der Waals surface area contributed by atoms with Gasteiger partial charge in [0, 0.05) is 21.3 Å². The smallest absolute Gasteiger partial charge is 0.377 e. The molecule has 0 bridgehead atoms. The minimum Gasteiger partial charge on any atom is -0.377 e. The molecule has 13 heavy (non-hydrogen) atoms. The molecule has 0 aromatic carbocycles. The van der Waals surface area contributed by atoms with Gasteiger partial charge in [-0.25, -0.2) is 0 Å². The molecule has 0 aliphatic rings. The van der Waals surface area contributed by atoms with E-state index in [0.29, 0.717) is 0 Å². The van der Waals surface area contributed by atoms with Crippen LogP contribution in [0.3, 0.4) is 0 Å². The summed E-state index contributed by atoms with van der Waals surface area (Å²) in [6.07, 6.45) is 0. The number of thiol groups is 2. The van der Waals surface area contributed by atoms with Gasteiger partial charge in [0.1, 0.15) is 14.7 Å². The quantitative estimate of drug-likeness (QED) is 0.322. The van der Waals surface area contributed by atoms with Crippen molar-refractivity contribution < 1.29 is 13.3 Å². The second-order valence-corrected chi connectivity index (χ2v) is 11.5. The Morgan fingerprint density at radius 3 is 2.00 bits per heavy atom. The lowest BCUT2D eigenvalue weighted by molar-refractivity contribution is 0.125. The highest BCUT2D eigenvalue weighted by molar-refractivity contribution is 9.19. The van der Waals surface area contributed by atoms with Crippen LogP contribution in [0, 0.1) is 0 Å². The fraction of sp³-hybridized carbons (Fsp3) is 1.00. The minimum atomic E-state index is -2.39. The Kier molecular flexibility index (Phi) is 8.64. The molecule has 0 N–H and O–H groups in total. The first-order chi connectivity index (χ1) is 6.14. The van der Waals surface area contributed by atoms with E-state index in [4.69, 9.17) is 13.3 Å². The first-order valence-corrected chi connectivity index (χ1v) is 10.3. The summed E-state index contributed by atoms with van der Waals surface area (Å²) in [7, 11) is 3.84. The SMILES string of the molecule is CO[Si](CC[S+](S)SS)(OC)OC. The van der Waals surface area contributed by atoms with Crippen LogP contribution in [0.1, 0.15) is 0 Å². The molecular formula is C5H15O3S4Si+. The van der Waals surface area contributed by atoms with Crippen LogP contribution in [0.4, 0.5) is 0 Å². The molecule has 0 heterocycles. The highest BCUT2D eigenvalue weighted by Crippen LogP contribution is 2.27. The zero-order valence-corrected chi connectivity index (χ0v) is 12.3. The molecule has 0 saturated heterocycles. The Hall–Kier alpha value is 1.50. The second kappa shape index (κ2) is 7.75. The summed E-state index contributed by atoms with van der Waals surface area (Å²) in [5, 5.41) is 0. The van der Waals surface area contributed by atoms with Gasteiger partial charge in [-0.3, -0.25) is 0 Å².